The summed E-state index contributed by atoms with van der Waals surface area (Å²) in [6, 6.07) is 8.72. The number of urea groups is 1. The van der Waals surface area contributed by atoms with E-state index in [-0.39, 0.29) is 11.6 Å². The van der Waals surface area contributed by atoms with Crippen molar-refractivity contribution in [2.24, 2.45) is 0 Å². The van der Waals surface area contributed by atoms with E-state index >= 15 is 0 Å². The van der Waals surface area contributed by atoms with Crippen LogP contribution in [-0.2, 0) is 17.6 Å². The largest absolute Gasteiger partial charge is 0.376 e. The van der Waals surface area contributed by atoms with E-state index in [4.69, 9.17) is 4.74 Å². The zero-order valence-electron chi connectivity index (χ0n) is 14.1. The minimum Gasteiger partial charge on any atom is -0.376 e. The molecule has 1 aromatic rings. The van der Waals surface area contributed by atoms with Crippen LogP contribution in [0.3, 0.4) is 0 Å². The van der Waals surface area contributed by atoms with Gasteiger partial charge >= 0.3 is 6.03 Å². The van der Waals surface area contributed by atoms with Gasteiger partial charge in [-0.05, 0) is 24.0 Å². The van der Waals surface area contributed by atoms with E-state index in [1.807, 2.05) is 0 Å². The van der Waals surface area contributed by atoms with Gasteiger partial charge in [0.1, 0.15) is 0 Å². The Morgan fingerprint density at radius 3 is 2.30 bits per heavy atom. The average molecular weight is 316 g/mol. The fourth-order valence-electron chi connectivity index (χ4n) is 3.90. The molecule has 126 valence electrons. The third-order valence-electron chi connectivity index (χ3n) is 5.34. The summed E-state index contributed by atoms with van der Waals surface area (Å²) in [6.45, 7) is 0.552. The summed E-state index contributed by atoms with van der Waals surface area (Å²) in [5.41, 5.74) is 2.37. The summed E-state index contributed by atoms with van der Waals surface area (Å²) in [5.74, 6) is 0. The molecular weight excluding hydrogens is 288 g/mol. The highest BCUT2D eigenvalue weighted by Gasteiger charge is 2.37. The molecular formula is C19H28N2O2. The highest BCUT2D eigenvalue weighted by atomic mass is 16.5. The van der Waals surface area contributed by atoms with E-state index in [9.17, 15) is 4.79 Å². The maximum absolute atomic E-state index is 12.2. The van der Waals surface area contributed by atoms with Crippen LogP contribution >= 0.6 is 0 Å². The number of nitrogens with one attached hydrogen (secondary N) is 2. The lowest BCUT2D eigenvalue weighted by Crippen LogP contribution is -2.50. The maximum Gasteiger partial charge on any atom is 0.315 e. The second kappa shape index (κ2) is 7.35. The second-order valence-electron chi connectivity index (χ2n) is 7.02. The van der Waals surface area contributed by atoms with Gasteiger partial charge in [-0.25, -0.2) is 4.79 Å². The van der Waals surface area contributed by atoms with Crippen molar-refractivity contribution in [2.75, 3.05) is 13.7 Å². The van der Waals surface area contributed by atoms with Crippen molar-refractivity contribution in [1.29, 1.82) is 0 Å². The Hall–Kier alpha value is -1.55. The molecule has 0 spiro atoms. The van der Waals surface area contributed by atoms with Gasteiger partial charge in [-0.15, -0.1) is 0 Å². The number of methoxy groups -OCH3 is 1. The van der Waals surface area contributed by atoms with Gasteiger partial charge in [0, 0.05) is 32.5 Å². The molecule has 0 bridgehead atoms. The fraction of sp³-hybridized carbons (Fsp3) is 0.632. The lowest BCUT2D eigenvalue weighted by Gasteiger charge is -2.28. The SMILES string of the molecule is COC1(CNC(=O)NC2CCCCCC2)Cc2ccccc2C1. The van der Waals surface area contributed by atoms with Crippen LogP contribution < -0.4 is 10.6 Å². The van der Waals surface area contributed by atoms with Gasteiger partial charge in [-0.3, -0.25) is 0 Å². The molecule has 4 nitrogen and oxygen atoms in total. The van der Waals surface area contributed by atoms with Crippen LogP contribution in [0.4, 0.5) is 4.79 Å². The van der Waals surface area contributed by atoms with E-state index in [2.05, 4.69) is 34.9 Å². The van der Waals surface area contributed by atoms with E-state index in [1.165, 1.54) is 36.8 Å². The molecule has 23 heavy (non-hydrogen) atoms. The third-order valence-corrected chi connectivity index (χ3v) is 5.34. The lowest BCUT2D eigenvalue weighted by molar-refractivity contribution is 0.00170. The van der Waals surface area contributed by atoms with Crippen molar-refractivity contribution in [2.45, 2.75) is 63.0 Å². The topological polar surface area (TPSA) is 50.4 Å². The van der Waals surface area contributed by atoms with E-state index in [1.54, 1.807) is 7.11 Å². The number of hydrogen-bond donors (Lipinski definition) is 2. The molecule has 2 N–H and O–H groups in total. The normalized spacial score (nSPS) is 20.6. The predicted molar refractivity (Wildman–Crippen MR) is 91.6 cm³/mol. The van der Waals surface area contributed by atoms with Crippen LogP contribution in [0.2, 0.25) is 0 Å². The quantitative estimate of drug-likeness (QED) is 0.838. The van der Waals surface area contributed by atoms with E-state index in [0.717, 1.165) is 25.7 Å². The molecule has 1 aromatic carbocycles. The van der Waals surface area contributed by atoms with Gasteiger partial charge in [-0.2, -0.15) is 0 Å². The first-order chi connectivity index (χ1) is 11.2. The minimum absolute atomic E-state index is 0.0516. The monoisotopic (exact) mass is 316 g/mol. The molecule has 4 heteroatoms. The van der Waals surface area contributed by atoms with Gasteiger partial charge in [-0.1, -0.05) is 49.9 Å². The molecule has 0 atom stereocenters. The molecule has 1 fully saturated rings. The molecule has 2 aliphatic carbocycles. The van der Waals surface area contributed by atoms with E-state index < -0.39 is 0 Å². The minimum atomic E-state index is -0.301. The van der Waals surface area contributed by atoms with Gasteiger partial charge < -0.3 is 15.4 Å². The standard InChI is InChI=1S/C19H28N2O2/c1-23-19(12-15-8-6-7-9-16(15)13-19)14-20-18(22)21-17-10-4-2-3-5-11-17/h6-9,17H,2-5,10-14H2,1H3,(H2,20,21,22). The summed E-state index contributed by atoms with van der Waals surface area (Å²) in [6.07, 6.45) is 8.98. The molecule has 0 heterocycles. The zero-order valence-corrected chi connectivity index (χ0v) is 14.1. The number of hydrogen-bond acceptors (Lipinski definition) is 2. The Balaban J connectivity index is 1.51. The van der Waals surface area contributed by atoms with Crippen LogP contribution in [0.25, 0.3) is 0 Å². The summed E-state index contributed by atoms with van der Waals surface area (Å²) in [4.78, 5) is 12.2. The number of carbonyl (C=O) groups is 1. The van der Waals surface area contributed by atoms with Gasteiger partial charge in [0.2, 0.25) is 0 Å². The second-order valence-corrected chi connectivity index (χ2v) is 7.02. The molecule has 2 aliphatic rings. The lowest BCUT2D eigenvalue weighted by atomic mass is 10.0. The summed E-state index contributed by atoms with van der Waals surface area (Å²) >= 11 is 0. The Bertz CT molecular complexity index is 511. The Morgan fingerprint density at radius 2 is 1.74 bits per heavy atom. The maximum atomic E-state index is 12.2. The Morgan fingerprint density at radius 1 is 1.13 bits per heavy atom. The van der Waals surface area contributed by atoms with Crippen LogP contribution in [0.5, 0.6) is 0 Å². The molecule has 3 rings (SSSR count). The van der Waals surface area contributed by atoms with E-state index in [0.29, 0.717) is 12.6 Å². The highest BCUT2D eigenvalue weighted by Crippen LogP contribution is 2.32. The van der Waals surface area contributed by atoms with Crippen molar-refractivity contribution in [3.63, 3.8) is 0 Å². The smallest absolute Gasteiger partial charge is 0.315 e. The first-order valence-electron chi connectivity index (χ1n) is 8.87. The Labute approximate surface area is 139 Å². The van der Waals surface area contributed by atoms with Crippen molar-refractivity contribution >= 4 is 6.03 Å². The molecule has 2 amide bonds. The number of benzene rings is 1. The molecule has 0 aliphatic heterocycles. The molecule has 1 saturated carbocycles. The van der Waals surface area contributed by atoms with Crippen molar-refractivity contribution in [1.82, 2.24) is 10.6 Å². The molecule has 0 radical (unpaired) electrons. The summed E-state index contributed by atoms with van der Waals surface area (Å²) < 4.78 is 5.80. The number of ether oxygens (including phenoxy) is 1. The molecule has 0 aromatic heterocycles. The highest BCUT2D eigenvalue weighted by molar-refractivity contribution is 5.74. The molecule has 0 unspecified atom stereocenters. The number of fused-ring (bicyclic) bond motifs is 1. The first kappa shape index (κ1) is 16.3. The van der Waals surface area contributed by atoms with Crippen LogP contribution in [0, 0.1) is 0 Å². The van der Waals surface area contributed by atoms with Gasteiger partial charge in [0.15, 0.2) is 0 Å². The zero-order chi connectivity index (χ0) is 16.1. The predicted octanol–water partition coefficient (Wildman–Crippen LogP) is 3.19. The van der Waals surface area contributed by atoms with Crippen molar-refractivity contribution in [3.05, 3.63) is 35.4 Å². The average Bonchev–Trinajstić information content (AvgIpc) is 2.76. The van der Waals surface area contributed by atoms with Crippen molar-refractivity contribution in [3.8, 4) is 0 Å². The van der Waals surface area contributed by atoms with Crippen LogP contribution in [0.15, 0.2) is 24.3 Å². The van der Waals surface area contributed by atoms with Gasteiger partial charge in [0.25, 0.3) is 0 Å². The number of rotatable bonds is 4. The number of carbonyl (C=O) groups excluding carboxylic acids is 1. The Kier molecular flexibility index (Phi) is 5.21. The molecule has 0 saturated heterocycles. The third kappa shape index (κ3) is 4.05. The summed E-state index contributed by atoms with van der Waals surface area (Å²) in [5, 5.41) is 6.18. The van der Waals surface area contributed by atoms with Crippen molar-refractivity contribution < 1.29 is 9.53 Å². The fourth-order valence-corrected chi connectivity index (χ4v) is 3.90. The number of amides is 2. The van der Waals surface area contributed by atoms with Crippen LogP contribution in [-0.4, -0.2) is 31.3 Å². The van der Waals surface area contributed by atoms with Crippen LogP contribution in [0.1, 0.15) is 49.7 Å². The van der Waals surface area contributed by atoms with Gasteiger partial charge in [0.05, 0.1) is 5.60 Å². The summed E-state index contributed by atoms with van der Waals surface area (Å²) in [7, 11) is 1.75. The first-order valence-corrected chi connectivity index (χ1v) is 8.87.